The number of para-hydroxylation sites is 2. The maximum absolute atomic E-state index is 12.7. The minimum absolute atomic E-state index is 0.0320. The number of carbonyl (C=O) groups is 1. The highest BCUT2D eigenvalue weighted by Crippen LogP contribution is 2.36. The summed E-state index contributed by atoms with van der Waals surface area (Å²) in [7, 11) is 0. The van der Waals surface area contributed by atoms with Crippen molar-refractivity contribution in [2.75, 3.05) is 30.3 Å². The zero-order chi connectivity index (χ0) is 19.6. The summed E-state index contributed by atoms with van der Waals surface area (Å²) in [6.07, 6.45) is 1.52. The second-order valence-corrected chi connectivity index (χ2v) is 7.52. The van der Waals surface area contributed by atoms with E-state index in [4.69, 9.17) is 4.74 Å². The molecule has 0 radical (unpaired) electrons. The smallest absolute Gasteiger partial charge is 0.250 e. The Balaban J connectivity index is 1.42. The second-order valence-electron chi connectivity index (χ2n) is 7.52. The number of carbonyl (C=O) groups excluding carboxylic acids is 1. The molecule has 148 valence electrons. The molecule has 2 aromatic rings. The lowest BCUT2D eigenvalue weighted by molar-refractivity contribution is -0.122. The Bertz CT molecular complexity index is 860. The summed E-state index contributed by atoms with van der Waals surface area (Å²) in [5.74, 6) is 0.808. The molecule has 4 rings (SSSR count). The fraction of sp³-hybridized carbons (Fsp3) is 0.409. The third-order valence-corrected chi connectivity index (χ3v) is 5.69. The number of amides is 1. The number of nitrogens with zero attached hydrogens (tertiary/aromatic N) is 1. The molecule has 2 aromatic carbocycles. The van der Waals surface area contributed by atoms with Gasteiger partial charge in [-0.25, -0.2) is 0 Å². The topological polar surface area (TPSA) is 73.8 Å². The summed E-state index contributed by atoms with van der Waals surface area (Å²) in [6, 6.07) is 13.8. The number of hydrogen-bond acceptors (Lipinski definition) is 5. The van der Waals surface area contributed by atoms with Gasteiger partial charge in [-0.05, 0) is 49.6 Å². The predicted octanol–water partition coefficient (Wildman–Crippen LogP) is 2.98. The van der Waals surface area contributed by atoms with E-state index in [2.05, 4.69) is 21.6 Å². The molecule has 0 aromatic heterocycles. The summed E-state index contributed by atoms with van der Waals surface area (Å²) in [6.45, 7) is 4.96. The predicted molar refractivity (Wildman–Crippen MR) is 109 cm³/mol. The molecule has 2 aliphatic heterocycles. The Labute approximate surface area is 165 Å². The Morgan fingerprint density at radius 2 is 1.89 bits per heavy atom. The molecule has 1 spiro atoms. The molecule has 1 saturated heterocycles. The molecule has 2 heterocycles. The van der Waals surface area contributed by atoms with Crippen LogP contribution in [0.4, 0.5) is 11.4 Å². The van der Waals surface area contributed by atoms with Gasteiger partial charge in [0.2, 0.25) is 5.91 Å². The fourth-order valence-corrected chi connectivity index (χ4v) is 4.11. The van der Waals surface area contributed by atoms with E-state index in [0.29, 0.717) is 6.61 Å². The average molecular weight is 381 g/mol. The maximum atomic E-state index is 12.7. The van der Waals surface area contributed by atoms with Crippen molar-refractivity contribution in [2.24, 2.45) is 0 Å². The molecule has 0 unspecified atom stereocenters. The van der Waals surface area contributed by atoms with Gasteiger partial charge < -0.3 is 20.5 Å². The van der Waals surface area contributed by atoms with Crippen LogP contribution < -0.4 is 15.4 Å². The average Bonchev–Trinajstić information content (AvgIpc) is 2.72. The molecule has 3 N–H and O–H groups in total. The number of aliphatic hydroxyl groups is 1. The van der Waals surface area contributed by atoms with Crippen molar-refractivity contribution in [1.29, 1.82) is 0 Å². The zero-order valence-corrected chi connectivity index (χ0v) is 16.2. The van der Waals surface area contributed by atoms with Crippen LogP contribution in [-0.4, -0.2) is 41.1 Å². The molecule has 6 nitrogen and oxygen atoms in total. The lowest BCUT2D eigenvalue weighted by Gasteiger charge is -2.44. The zero-order valence-electron chi connectivity index (χ0n) is 16.2. The minimum Gasteiger partial charge on any atom is -0.494 e. The summed E-state index contributed by atoms with van der Waals surface area (Å²) in [5, 5.41) is 16.2. The maximum Gasteiger partial charge on any atom is 0.250 e. The first-order valence-electron chi connectivity index (χ1n) is 9.90. The Hall–Kier alpha value is -2.57. The van der Waals surface area contributed by atoms with E-state index in [1.807, 2.05) is 43.3 Å². The number of anilines is 2. The van der Waals surface area contributed by atoms with E-state index in [0.717, 1.165) is 60.7 Å². The van der Waals surface area contributed by atoms with Gasteiger partial charge in [0.25, 0.3) is 0 Å². The summed E-state index contributed by atoms with van der Waals surface area (Å²) < 4.78 is 5.56. The molecule has 1 fully saturated rings. The van der Waals surface area contributed by atoms with Crippen LogP contribution in [0.3, 0.4) is 0 Å². The van der Waals surface area contributed by atoms with Crippen molar-refractivity contribution in [3.8, 4) is 5.75 Å². The van der Waals surface area contributed by atoms with Crippen LogP contribution in [0.5, 0.6) is 5.75 Å². The molecule has 0 bridgehead atoms. The van der Waals surface area contributed by atoms with Gasteiger partial charge in [-0.1, -0.05) is 18.2 Å². The van der Waals surface area contributed by atoms with Crippen LogP contribution in [0.2, 0.25) is 0 Å². The molecule has 0 saturated carbocycles. The third kappa shape index (κ3) is 3.57. The Kier molecular flexibility index (Phi) is 5.24. The first-order chi connectivity index (χ1) is 13.6. The van der Waals surface area contributed by atoms with Gasteiger partial charge in [0, 0.05) is 25.2 Å². The van der Waals surface area contributed by atoms with Gasteiger partial charge in [-0.2, -0.15) is 0 Å². The first kappa shape index (κ1) is 18.8. The van der Waals surface area contributed by atoms with Gasteiger partial charge in [0.15, 0.2) is 0 Å². The lowest BCUT2D eigenvalue weighted by atomic mass is 9.84. The number of hydrogen-bond donors (Lipinski definition) is 3. The first-order valence-corrected chi connectivity index (χ1v) is 9.90. The molecule has 2 aliphatic rings. The number of ether oxygens (including phenoxy) is 1. The van der Waals surface area contributed by atoms with Crippen molar-refractivity contribution < 1.29 is 14.6 Å². The number of likely N-dealkylation sites (tertiary alicyclic amines) is 1. The standard InChI is InChI=1S/C22H27N3O3/c1-2-28-20-8-7-16(13-17(20)15-26)14-25-11-9-22(10-12-25)21(27)23-18-5-3-4-6-19(18)24-22/h3-8,13,24,26H,2,9-12,14-15H2,1H3,(H,23,27). The Morgan fingerprint density at radius 1 is 1.14 bits per heavy atom. The molecular weight excluding hydrogens is 354 g/mol. The van der Waals surface area contributed by atoms with Crippen molar-refractivity contribution in [3.63, 3.8) is 0 Å². The van der Waals surface area contributed by atoms with Crippen LogP contribution in [0, 0.1) is 0 Å². The SMILES string of the molecule is CCOc1ccc(CN2CCC3(CC2)Nc2ccccc2NC3=O)cc1CO. The monoisotopic (exact) mass is 381 g/mol. The summed E-state index contributed by atoms with van der Waals surface area (Å²) in [4.78, 5) is 15.1. The highest BCUT2D eigenvalue weighted by atomic mass is 16.5. The van der Waals surface area contributed by atoms with Gasteiger partial charge in [0.1, 0.15) is 11.3 Å². The number of piperidine rings is 1. The van der Waals surface area contributed by atoms with E-state index >= 15 is 0 Å². The van der Waals surface area contributed by atoms with E-state index in [9.17, 15) is 9.90 Å². The highest BCUT2D eigenvalue weighted by molar-refractivity contribution is 6.06. The van der Waals surface area contributed by atoms with Crippen LogP contribution in [0.1, 0.15) is 30.9 Å². The van der Waals surface area contributed by atoms with Crippen LogP contribution in [0.25, 0.3) is 0 Å². The van der Waals surface area contributed by atoms with Crippen molar-refractivity contribution in [1.82, 2.24) is 4.90 Å². The number of nitrogens with one attached hydrogen (secondary N) is 2. The van der Waals surface area contributed by atoms with E-state index < -0.39 is 5.54 Å². The number of rotatable bonds is 5. The fourth-order valence-electron chi connectivity index (χ4n) is 4.11. The lowest BCUT2D eigenvalue weighted by Crippen LogP contribution is -2.58. The van der Waals surface area contributed by atoms with Crippen molar-refractivity contribution in [3.05, 3.63) is 53.6 Å². The van der Waals surface area contributed by atoms with E-state index in [-0.39, 0.29) is 12.5 Å². The van der Waals surface area contributed by atoms with Crippen LogP contribution in [0.15, 0.2) is 42.5 Å². The molecule has 0 atom stereocenters. The second kappa shape index (κ2) is 7.81. The highest BCUT2D eigenvalue weighted by Gasteiger charge is 2.44. The van der Waals surface area contributed by atoms with Gasteiger partial charge in [0.05, 0.1) is 24.6 Å². The number of benzene rings is 2. The number of aliphatic hydroxyl groups excluding tert-OH is 1. The summed E-state index contributed by atoms with van der Waals surface area (Å²) >= 11 is 0. The Morgan fingerprint density at radius 3 is 2.61 bits per heavy atom. The molecule has 28 heavy (non-hydrogen) atoms. The quantitative estimate of drug-likeness (QED) is 0.743. The van der Waals surface area contributed by atoms with Crippen LogP contribution in [-0.2, 0) is 17.9 Å². The van der Waals surface area contributed by atoms with E-state index in [1.165, 1.54) is 0 Å². The van der Waals surface area contributed by atoms with Crippen LogP contribution >= 0.6 is 0 Å². The van der Waals surface area contributed by atoms with Gasteiger partial charge in [-0.15, -0.1) is 0 Å². The normalized spacial score (nSPS) is 18.3. The minimum atomic E-state index is -0.528. The summed E-state index contributed by atoms with van der Waals surface area (Å²) in [5.41, 5.74) is 3.29. The molecule has 0 aliphatic carbocycles. The van der Waals surface area contributed by atoms with E-state index in [1.54, 1.807) is 0 Å². The molecular formula is C22H27N3O3. The molecule has 6 heteroatoms. The number of fused-ring (bicyclic) bond motifs is 1. The van der Waals surface area contributed by atoms with Crippen molar-refractivity contribution >= 4 is 17.3 Å². The van der Waals surface area contributed by atoms with Gasteiger partial charge in [-0.3, -0.25) is 9.69 Å². The van der Waals surface area contributed by atoms with Crippen molar-refractivity contribution in [2.45, 2.75) is 38.5 Å². The third-order valence-electron chi connectivity index (χ3n) is 5.69. The van der Waals surface area contributed by atoms with Gasteiger partial charge >= 0.3 is 0 Å². The molecule has 1 amide bonds. The largest absolute Gasteiger partial charge is 0.494 e.